The van der Waals surface area contributed by atoms with Crippen molar-refractivity contribution in [2.24, 2.45) is 11.7 Å². The number of hydrogen-bond donors (Lipinski definition) is 1. The van der Waals surface area contributed by atoms with Gasteiger partial charge in [0.2, 0.25) is 5.92 Å². The number of fused-ring (bicyclic) bond motifs is 1. The molecule has 11 heteroatoms. The average molecular weight is 508 g/mol. The lowest BCUT2D eigenvalue weighted by atomic mass is 9.96. The number of aromatic nitrogens is 1. The van der Waals surface area contributed by atoms with E-state index >= 15 is 4.39 Å². The van der Waals surface area contributed by atoms with Crippen molar-refractivity contribution in [2.75, 3.05) is 31.2 Å². The van der Waals surface area contributed by atoms with Crippen molar-refractivity contribution in [3.63, 3.8) is 0 Å². The van der Waals surface area contributed by atoms with Crippen LogP contribution in [0.3, 0.4) is 0 Å². The lowest BCUT2D eigenvalue weighted by Gasteiger charge is -2.23. The first-order valence-corrected chi connectivity index (χ1v) is 12.0. The standard InChI is InChI=1S/C24H27ClFN3O6/c1-3-34-23(32)17(24(33)35-4-2)22(31)15-11-29(13-5-6-13)19-14(21(15)30)9-16(26)20(18(19)25)28-8-7-12(27)10-28/h9,11-13,17H,3-8,10,27H2,1-2H3/t12-/m0/s1. The number of ketones is 1. The Bertz CT molecular complexity index is 1240. The van der Waals surface area contributed by atoms with Gasteiger partial charge in [-0.25, -0.2) is 4.39 Å². The Balaban J connectivity index is 1.89. The van der Waals surface area contributed by atoms with Crippen molar-refractivity contribution >= 4 is 45.9 Å². The van der Waals surface area contributed by atoms with E-state index < -0.39 is 40.4 Å². The average Bonchev–Trinajstić information content (AvgIpc) is 3.56. The van der Waals surface area contributed by atoms with E-state index in [0.717, 1.165) is 18.9 Å². The molecule has 35 heavy (non-hydrogen) atoms. The van der Waals surface area contributed by atoms with Crippen LogP contribution in [-0.4, -0.2) is 54.6 Å². The molecular formula is C24H27ClFN3O6. The number of halogens is 2. The van der Waals surface area contributed by atoms with Gasteiger partial charge in [-0.05, 0) is 39.2 Å². The molecule has 0 amide bonds. The third kappa shape index (κ3) is 4.64. The van der Waals surface area contributed by atoms with Gasteiger partial charge in [-0.2, -0.15) is 0 Å². The van der Waals surface area contributed by atoms with Crippen molar-refractivity contribution in [2.45, 2.75) is 45.2 Å². The van der Waals surface area contributed by atoms with E-state index in [1.165, 1.54) is 20.0 Å². The molecule has 2 aliphatic rings. The fraction of sp³-hybridized carbons (Fsp3) is 0.500. The highest BCUT2D eigenvalue weighted by Crippen LogP contribution is 2.42. The molecule has 1 aromatic carbocycles. The maximum atomic E-state index is 15.3. The van der Waals surface area contributed by atoms with Crippen LogP contribution in [-0.2, 0) is 19.1 Å². The molecule has 0 unspecified atom stereocenters. The number of pyridine rings is 1. The van der Waals surface area contributed by atoms with Gasteiger partial charge in [0.25, 0.3) is 0 Å². The summed E-state index contributed by atoms with van der Waals surface area (Å²) in [6.45, 7) is 3.85. The van der Waals surface area contributed by atoms with Crippen LogP contribution < -0.4 is 16.1 Å². The topological polar surface area (TPSA) is 121 Å². The third-order valence-electron chi connectivity index (χ3n) is 6.24. The number of nitrogens with zero attached hydrogens (tertiary/aromatic N) is 2. The minimum atomic E-state index is -1.96. The zero-order chi connectivity index (χ0) is 25.4. The Labute approximate surface area is 205 Å². The van der Waals surface area contributed by atoms with Gasteiger partial charge >= 0.3 is 11.9 Å². The third-order valence-corrected chi connectivity index (χ3v) is 6.60. The molecule has 0 bridgehead atoms. The van der Waals surface area contributed by atoms with Crippen LogP contribution in [0.15, 0.2) is 17.1 Å². The number of rotatable bonds is 8. The van der Waals surface area contributed by atoms with Gasteiger partial charge in [0, 0.05) is 31.4 Å². The zero-order valence-electron chi connectivity index (χ0n) is 19.5. The Morgan fingerprint density at radius 1 is 1.17 bits per heavy atom. The SMILES string of the molecule is CCOC(=O)C(C(=O)OCC)C(=O)c1cn(C2CC2)c2c(Cl)c(N3CC[C@H](N)C3)c(F)cc2c1=O. The number of carbonyl (C=O) groups is 3. The minimum absolute atomic E-state index is 0.0597. The van der Waals surface area contributed by atoms with E-state index in [9.17, 15) is 19.2 Å². The maximum absolute atomic E-state index is 15.3. The molecule has 4 rings (SSSR count). The number of benzene rings is 1. The van der Waals surface area contributed by atoms with Crippen LogP contribution in [0, 0.1) is 11.7 Å². The van der Waals surface area contributed by atoms with Crippen LogP contribution in [0.4, 0.5) is 10.1 Å². The van der Waals surface area contributed by atoms with Crippen molar-refractivity contribution in [1.82, 2.24) is 4.57 Å². The highest BCUT2D eigenvalue weighted by Gasteiger charge is 2.40. The Hall–Kier alpha value is -2.98. The monoisotopic (exact) mass is 507 g/mol. The highest BCUT2D eigenvalue weighted by molar-refractivity contribution is 6.38. The van der Waals surface area contributed by atoms with E-state index in [-0.39, 0.29) is 41.4 Å². The van der Waals surface area contributed by atoms with Crippen LogP contribution in [0.2, 0.25) is 5.02 Å². The molecule has 1 saturated carbocycles. The summed E-state index contributed by atoms with van der Waals surface area (Å²) < 4.78 is 26.7. The summed E-state index contributed by atoms with van der Waals surface area (Å²) in [6, 6.07) is 0.877. The van der Waals surface area contributed by atoms with Gasteiger partial charge in [0.1, 0.15) is 5.82 Å². The number of Topliss-reactive ketones (excluding diaryl/α,β-unsaturated/α-hetero) is 1. The Morgan fingerprint density at radius 2 is 1.80 bits per heavy atom. The summed E-state index contributed by atoms with van der Waals surface area (Å²) in [5, 5.41) is -0.0478. The maximum Gasteiger partial charge on any atom is 0.328 e. The first kappa shape index (κ1) is 25.1. The molecule has 1 aliphatic heterocycles. The molecule has 2 aromatic rings. The fourth-order valence-corrected chi connectivity index (χ4v) is 4.85. The molecular weight excluding hydrogens is 481 g/mol. The van der Waals surface area contributed by atoms with E-state index in [2.05, 4.69) is 0 Å². The lowest BCUT2D eigenvalue weighted by Crippen LogP contribution is -2.37. The summed E-state index contributed by atoms with van der Waals surface area (Å²) >= 11 is 6.69. The molecule has 1 aromatic heterocycles. The number of nitrogens with two attached hydrogens (primary N) is 1. The summed E-state index contributed by atoms with van der Waals surface area (Å²) in [6.07, 6.45) is 3.52. The molecule has 2 heterocycles. The fourth-order valence-electron chi connectivity index (χ4n) is 4.44. The van der Waals surface area contributed by atoms with Crippen molar-refractivity contribution < 1.29 is 28.2 Å². The highest BCUT2D eigenvalue weighted by atomic mass is 35.5. The second kappa shape index (κ2) is 9.94. The molecule has 0 radical (unpaired) electrons. The molecule has 2 fully saturated rings. The van der Waals surface area contributed by atoms with E-state index in [1.54, 1.807) is 9.47 Å². The number of carbonyl (C=O) groups excluding carboxylic acids is 3. The van der Waals surface area contributed by atoms with E-state index in [1.807, 2.05) is 0 Å². The summed E-state index contributed by atoms with van der Waals surface area (Å²) in [5.74, 6) is -5.96. The van der Waals surface area contributed by atoms with Crippen LogP contribution >= 0.6 is 11.6 Å². The normalized spacial score (nSPS) is 17.8. The van der Waals surface area contributed by atoms with Crippen molar-refractivity contribution in [3.8, 4) is 0 Å². The molecule has 2 N–H and O–H groups in total. The van der Waals surface area contributed by atoms with Gasteiger partial charge in [0.15, 0.2) is 11.2 Å². The van der Waals surface area contributed by atoms with Crippen LogP contribution in [0.25, 0.3) is 10.9 Å². The largest absolute Gasteiger partial charge is 0.465 e. The predicted molar refractivity (Wildman–Crippen MR) is 127 cm³/mol. The number of hydrogen-bond acceptors (Lipinski definition) is 8. The van der Waals surface area contributed by atoms with E-state index in [0.29, 0.717) is 25.0 Å². The summed E-state index contributed by atoms with van der Waals surface area (Å²) in [7, 11) is 0. The van der Waals surface area contributed by atoms with Crippen LogP contribution in [0.1, 0.15) is 49.5 Å². The molecule has 1 saturated heterocycles. The van der Waals surface area contributed by atoms with Gasteiger partial charge in [-0.15, -0.1) is 0 Å². The molecule has 0 spiro atoms. The minimum Gasteiger partial charge on any atom is -0.465 e. The zero-order valence-corrected chi connectivity index (χ0v) is 20.3. The van der Waals surface area contributed by atoms with Gasteiger partial charge in [0.05, 0.1) is 40.4 Å². The van der Waals surface area contributed by atoms with Gasteiger partial charge in [-0.3, -0.25) is 19.2 Å². The summed E-state index contributed by atoms with van der Waals surface area (Å²) in [4.78, 5) is 53.4. The first-order chi connectivity index (χ1) is 16.7. The first-order valence-electron chi connectivity index (χ1n) is 11.6. The molecule has 9 nitrogen and oxygen atoms in total. The van der Waals surface area contributed by atoms with Gasteiger partial charge < -0.3 is 24.7 Å². The summed E-state index contributed by atoms with van der Waals surface area (Å²) in [5.41, 5.74) is 5.19. The molecule has 1 aliphatic carbocycles. The van der Waals surface area contributed by atoms with Crippen molar-refractivity contribution in [1.29, 1.82) is 0 Å². The van der Waals surface area contributed by atoms with E-state index in [4.69, 9.17) is 26.8 Å². The second-order valence-corrected chi connectivity index (χ2v) is 9.10. The van der Waals surface area contributed by atoms with Crippen LogP contribution in [0.5, 0.6) is 0 Å². The number of anilines is 1. The lowest BCUT2D eigenvalue weighted by molar-refractivity contribution is -0.158. The number of ether oxygens (including phenoxy) is 2. The Morgan fingerprint density at radius 3 is 2.31 bits per heavy atom. The second-order valence-electron chi connectivity index (χ2n) is 8.72. The predicted octanol–water partition coefficient (Wildman–Crippen LogP) is 2.59. The van der Waals surface area contributed by atoms with Crippen molar-refractivity contribution in [3.05, 3.63) is 38.9 Å². The molecule has 1 atom stereocenters. The Kier molecular flexibility index (Phi) is 7.14. The quantitative estimate of drug-likeness (QED) is 0.329. The molecule has 188 valence electrons. The number of esters is 2. The smallest absolute Gasteiger partial charge is 0.328 e. The van der Waals surface area contributed by atoms with Gasteiger partial charge in [-0.1, -0.05) is 11.6 Å².